The lowest BCUT2D eigenvalue weighted by molar-refractivity contribution is 0.0696. The lowest BCUT2D eigenvalue weighted by Crippen LogP contribution is -2.05. The number of carboxylic acid groups (broad SMARTS) is 1. The van der Waals surface area contributed by atoms with Crippen molar-refractivity contribution in [2.45, 2.75) is 47.1 Å². The van der Waals surface area contributed by atoms with Gasteiger partial charge in [-0.05, 0) is 57.4 Å². The van der Waals surface area contributed by atoms with E-state index in [9.17, 15) is 9.90 Å². The van der Waals surface area contributed by atoms with Gasteiger partial charge in [0, 0.05) is 22.6 Å². The van der Waals surface area contributed by atoms with Gasteiger partial charge in [-0.25, -0.2) is 4.79 Å². The van der Waals surface area contributed by atoms with E-state index in [-0.39, 0.29) is 0 Å². The van der Waals surface area contributed by atoms with Crippen LogP contribution in [-0.2, 0) is 6.42 Å². The van der Waals surface area contributed by atoms with E-state index in [2.05, 4.69) is 32.3 Å². The fraction of sp³-hybridized carbons (Fsp3) is 0.438. The number of rotatable bonds is 3. The molecule has 0 aliphatic carbocycles. The third-order valence-corrected chi connectivity index (χ3v) is 3.83. The highest BCUT2D eigenvalue weighted by Crippen LogP contribution is 2.31. The number of carboxylic acids is 1. The highest BCUT2D eigenvalue weighted by molar-refractivity contribution is 5.97. The fourth-order valence-electron chi connectivity index (χ4n) is 3.00. The highest BCUT2D eigenvalue weighted by Gasteiger charge is 2.18. The molecule has 0 spiro atoms. The molecular weight excluding hydrogens is 238 g/mol. The summed E-state index contributed by atoms with van der Waals surface area (Å²) in [6.45, 7) is 10.4. The largest absolute Gasteiger partial charge is 0.478 e. The molecule has 102 valence electrons. The van der Waals surface area contributed by atoms with Crippen LogP contribution < -0.4 is 0 Å². The maximum atomic E-state index is 11.3. The SMILES string of the molecule is CCc1c(C)n(C(C)C)c2cc(C(=O)O)c(C)cc12. The van der Waals surface area contributed by atoms with Crippen LogP contribution in [-0.4, -0.2) is 15.6 Å². The van der Waals surface area contributed by atoms with Crippen LogP contribution in [0.3, 0.4) is 0 Å². The maximum absolute atomic E-state index is 11.3. The summed E-state index contributed by atoms with van der Waals surface area (Å²) in [5, 5.41) is 10.5. The number of hydrogen-bond acceptors (Lipinski definition) is 1. The third kappa shape index (κ3) is 2.03. The topological polar surface area (TPSA) is 42.2 Å². The van der Waals surface area contributed by atoms with Gasteiger partial charge in [-0.15, -0.1) is 0 Å². The van der Waals surface area contributed by atoms with Gasteiger partial charge in [-0.1, -0.05) is 6.92 Å². The first-order valence-corrected chi connectivity index (χ1v) is 6.75. The van der Waals surface area contributed by atoms with Gasteiger partial charge < -0.3 is 9.67 Å². The number of aromatic nitrogens is 1. The molecule has 3 heteroatoms. The molecule has 2 rings (SSSR count). The Bertz CT molecular complexity index is 651. The molecule has 0 bridgehead atoms. The van der Waals surface area contributed by atoms with E-state index in [1.54, 1.807) is 0 Å². The Hall–Kier alpha value is -1.77. The summed E-state index contributed by atoms with van der Waals surface area (Å²) in [7, 11) is 0. The predicted octanol–water partition coefficient (Wildman–Crippen LogP) is 4.10. The standard InChI is InChI=1S/C16H21NO2/c1-6-12-11(5)17(9(2)3)15-8-13(16(18)19)10(4)7-14(12)15/h7-9H,6H2,1-5H3,(H,18,19). The zero-order valence-electron chi connectivity index (χ0n) is 12.2. The summed E-state index contributed by atoms with van der Waals surface area (Å²) in [6, 6.07) is 4.16. The minimum absolute atomic E-state index is 0.326. The second-order valence-electron chi connectivity index (χ2n) is 5.37. The Morgan fingerprint density at radius 3 is 2.42 bits per heavy atom. The second-order valence-corrected chi connectivity index (χ2v) is 5.37. The lowest BCUT2D eigenvalue weighted by Gasteiger charge is -2.13. The second kappa shape index (κ2) is 4.72. The highest BCUT2D eigenvalue weighted by atomic mass is 16.4. The molecule has 0 aliphatic rings. The number of nitrogens with zero attached hydrogens (tertiary/aromatic N) is 1. The molecule has 0 radical (unpaired) electrons. The smallest absolute Gasteiger partial charge is 0.336 e. The van der Waals surface area contributed by atoms with Gasteiger partial charge in [0.2, 0.25) is 0 Å². The quantitative estimate of drug-likeness (QED) is 0.901. The van der Waals surface area contributed by atoms with Gasteiger partial charge in [0.1, 0.15) is 0 Å². The van der Waals surface area contributed by atoms with E-state index in [4.69, 9.17) is 0 Å². The molecule has 3 nitrogen and oxygen atoms in total. The van der Waals surface area contributed by atoms with E-state index in [1.165, 1.54) is 16.6 Å². The van der Waals surface area contributed by atoms with Crippen molar-refractivity contribution in [1.82, 2.24) is 4.57 Å². The van der Waals surface area contributed by atoms with Gasteiger partial charge in [-0.2, -0.15) is 0 Å². The first-order valence-electron chi connectivity index (χ1n) is 6.75. The third-order valence-electron chi connectivity index (χ3n) is 3.83. The van der Waals surface area contributed by atoms with Gasteiger partial charge >= 0.3 is 5.97 Å². The number of benzene rings is 1. The Labute approximate surface area is 113 Å². The molecule has 0 fully saturated rings. The summed E-state index contributed by atoms with van der Waals surface area (Å²) in [4.78, 5) is 11.3. The van der Waals surface area contributed by atoms with Crippen molar-refractivity contribution in [1.29, 1.82) is 0 Å². The monoisotopic (exact) mass is 259 g/mol. The number of fused-ring (bicyclic) bond motifs is 1. The molecule has 0 amide bonds. The van der Waals surface area contributed by atoms with Gasteiger partial charge in [-0.3, -0.25) is 0 Å². The number of hydrogen-bond donors (Lipinski definition) is 1. The van der Waals surface area contributed by atoms with Gasteiger partial charge in [0.15, 0.2) is 0 Å². The summed E-state index contributed by atoms with van der Waals surface area (Å²) in [6.07, 6.45) is 0.966. The van der Waals surface area contributed by atoms with Crippen LogP contribution in [0.2, 0.25) is 0 Å². The molecule has 1 aromatic carbocycles. The number of aromatic carboxylic acids is 1. The summed E-state index contributed by atoms with van der Waals surface area (Å²) < 4.78 is 2.24. The van der Waals surface area contributed by atoms with Crippen molar-refractivity contribution in [3.05, 3.63) is 34.5 Å². The Kier molecular flexibility index (Phi) is 3.40. The molecule has 1 heterocycles. The van der Waals surface area contributed by atoms with Crippen molar-refractivity contribution < 1.29 is 9.90 Å². The van der Waals surface area contributed by atoms with Crippen molar-refractivity contribution in [2.24, 2.45) is 0 Å². The van der Waals surface area contributed by atoms with Crippen LogP contribution in [0.5, 0.6) is 0 Å². The normalized spacial score (nSPS) is 11.5. The zero-order valence-corrected chi connectivity index (χ0v) is 12.2. The summed E-state index contributed by atoms with van der Waals surface area (Å²) in [5.74, 6) is -0.855. The van der Waals surface area contributed by atoms with Crippen molar-refractivity contribution in [3.63, 3.8) is 0 Å². The first kappa shape index (κ1) is 13.7. The predicted molar refractivity (Wildman–Crippen MR) is 78.1 cm³/mol. The molecular formula is C16H21NO2. The molecule has 0 aliphatic heterocycles. The Morgan fingerprint density at radius 2 is 1.95 bits per heavy atom. The van der Waals surface area contributed by atoms with Crippen LogP contribution in [0.1, 0.15) is 54.0 Å². The lowest BCUT2D eigenvalue weighted by atomic mass is 10.0. The molecule has 0 saturated carbocycles. The molecule has 2 aromatic rings. The summed E-state index contributed by atoms with van der Waals surface area (Å²) >= 11 is 0. The Morgan fingerprint density at radius 1 is 1.32 bits per heavy atom. The molecule has 0 saturated heterocycles. The molecule has 1 N–H and O–H groups in total. The molecule has 0 unspecified atom stereocenters. The average molecular weight is 259 g/mol. The van der Waals surface area contributed by atoms with Crippen LogP contribution in [0.25, 0.3) is 10.9 Å². The van der Waals surface area contributed by atoms with E-state index in [0.717, 1.165) is 17.5 Å². The maximum Gasteiger partial charge on any atom is 0.336 e. The molecule has 0 atom stereocenters. The van der Waals surface area contributed by atoms with Gasteiger partial charge in [0.25, 0.3) is 0 Å². The molecule has 19 heavy (non-hydrogen) atoms. The van der Waals surface area contributed by atoms with Crippen molar-refractivity contribution in [3.8, 4) is 0 Å². The van der Waals surface area contributed by atoms with Crippen LogP contribution in [0.15, 0.2) is 12.1 Å². The van der Waals surface area contributed by atoms with Crippen LogP contribution in [0.4, 0.5) is 0 Å². The van der Waals surface area contributed by atoms with Crippen molar-refractivity contribution >= 4 is 16.9 Å². The van der Waals surface area contributed by atoms with Crippen LogP contribution >= 0.6 is 0 Å². The van der Waals surface area contributed by atoms with E-state index < -0.39 is 5.97 Å². The minimum Gasteiger partial charge on any atom is -0.478 e. The Balaban J connectivity index is 2.91. The van der Waals surface area contributed by atoms with E-state index in [1.807, 2.05) is 19.1 Å². The van der Waals surface area contributed by atoms with E-state index in [0.29, 0.717) is 11.6 Å². The number of carbonyl (C=O) groups is 1. The van der Waals surface area contributed by atoms with Gasteiger partial charge in [0.05, 0.1) is 5.56 Å². The number of aryl methyl sites for hydroxylation is 2. The van der Waals surface area contributed by atoms with E-state index >= 15 is 0 Å². The minimum atomic E-state index is -0.855. The first-order chi connectivity index (χ1) is 8.88. The average Bonchev–Trinajstić information content (AvgIpc) is 2.58. The summed E-state index contributed by atoms with van der Waals surface area (Å²) in [5.41, 5.74) is 4.83. The zero-order chi connectivity index (χ0) is 14.3. The molecule has 1 aromatic heterocycles. The van der Waals surface area contributed by atoms with Crippen LogP contribution in [0, 0.1) is 13.8 Å². The fourth-order valence-corrected chi connectivity index (χ4v) is 3.00. The van der Waals surface area contributed by atoms with Crippen molar-refractivity contribution in [2.75, 3.05) is 0 Å².